The second-order valence-electron chi connectivity index (χ2n) is 5.67. The van der Waals surface area contributed by atoms with E-state index >= 15 is 0 Å². The molecule has 2 aromatic carbocycles. The molecule has 2 heterocycles. The van der Waals surface area contributed by atoms with E-state index in [1.807, 2.05) is 0 Å². The van der Waals surface area contributed by atoms with Gasteiger partial charge in [-0.3, -0.25) is 0 Å². The number of aromatic nitrogens is 4. The molecule has 0 saturated carbocycles. The molecule has 0 atom stereocenters. The summed E-state index contributed by atoms with van der Waals surface area (Å²) in [5.41, 5.74) is 0.941. The fourth-order valence-corrected chi connectivity index (χ4v) is 3.43. The molecule has 0 fully saturated rings. The van der Waals surface area contributed by atoms with Crippen LogP contribution in [-0.2, 0) is 11.9 Å². The van der Waals surface area contributed by atoms with Gasteiger partial charge in [0.2, 0.25) is 17.5 Å². The smallest absolute Gasteiger partial charge is 0.338 e. The molecule has 5 nitrogen and oxygen atoms in total. The van der Waals surface area contributed by atoms with Crippen molar-refractivity contribution in [3.63, 3.8) is 0 Å². The van der Waals surface area contributed by atoms with E-state index in [1.165, 1.54) is 6.07 Å². The van der Waals surface area contributed by atoms with Crippen molar-refractivity contribution in [3.05, 3.63) is 65.3 Å². The highest BCUT2D eigenvalue weighted by Crippen LogP contribution is 2.33. The number of hydrogen-bond acceptors (Lipinski definition) is 6. The van der Waals surface area contributed by atoms with Crippen molar-refractivity contribution in [2.75, 3.05) is 0 Å². The van der Waals surface area contributed by atoms with Crippen LogP contribution >= 0.6 is 23.4 Å². The maximum absolute atomic E-state index is 13.1. The Bertz CT molecular complexity index is 1130. The average Bonchev–Trinajstić information content (AvgIpc) is 3.15. The number of rotatable bonds is 4. The van der Waals surface area contributed by atoms with E-state index in [0.29, 0.717) is 16.2 Å². The van der Waals surface area contributed by atoms with Crippen molar-refractivity contribution in [2.24, 2.45) is 0 Å². The summed E-state index contributed by atoms with van der Waals surface area (Å²) < 4.78 is 44.5. The van der Waals surface area contributed by atoms with Crippen molar-refractivity contribution in [1.82, 2.24) is 20.1 Å². The number of fused-ring (bicyclic) bond motifs is 1. The third kappa shape index (κ3) is 3.95. The van der Waals surface area contributed by atoms with E-state index in [1.54, 1.807) is 42.5 Å². The van der Waals surface area contributed by atoms with Crippen LogP contribution in [0.15, 0.2) is 58.1 Å². The predicted octanol–water partition coefficient (Wildman–Crippen LogP) is 5.64. The van der Waals surface area contributed by atoms with Crippen molar-refractivity contribution in [2.45, 2.75) is 17.0 Å². The Morgan fingerprint density at radius 3 is 2.46 bits per heavy atom. The van der Waals surface area contributed by atoms with Crippen LogP contribution in [0.4, 0.5) is 13.2 Å². The molecular weight excluding hydrogens is 413 g/mol. The number of alkyl halides is 3. The second kappa shape index (κ2) is 7.40. The maximum atomic E-state index is 13.1. The van der Waals surface area contributed by atoms with Gasteiger partial charge in [0.25, 0.3) is 0 Å². The van der Waals surface area contributed by atoms with Crippen LogP contribution in [0.25, 0.3) is 22.3 Å². The minimum atomic E-state index is -4.63. The van der Waals surface area contributed by atoms with Crippen molar-refractivity contribution >= 4 is 34.3 Å². The van der Waals surface area contributed by atoms with Crippen LogP contribution < -0.4 is 0 Å². The van der Waals surface area contributed by atoms with Crippen LogP contribution in [0.3, 0.4) is 0 Å². The summed E-state index contributed by atoms with van der Waals surface area (Å²) in [6, 6.07) is 13.4. The predicted molar refractivity (Wildman–Crippen MR) is 98.8 cm³/mol. The molecule has 0 unspecified atom stereocenters. The highest BCUT2D eigenvalue weighted by atomic mass is 35.5. The summed E-state index contributed by atoms with van der Waals surface area (Å²) in [5.74, 6) is -0.373. The number of halogens is 4. The molecule has 0 aliphatic heterocycles. The number of nitrogens with zero attached hydrogens (tertiary/aromatic N) is 4. The standard InChI is InChI=1S/C18H10ClF3N4OS/c19-11-7-5-10(6-8-11)15-24-14(27-26-15)9-28-16-12-3-1-2-4-13(12)23-17(25-16)18(20,21)22/h1-8H,9H2. The first-order chi connectivity index (χ1) is 13.4. The van der Waals surface area contributed by atoms with Gasteiger partial charge in [-0.05, 0) is 30.3 Å². The Labute approximate surface area is 166 Å². The molecule has 28 heavy (non-hydrogen) atoms. The molecule has 142 valence electrons. The Morgan fingerprint density at radius 2 is 1.71 bits per heavy atom. The average molecular weight is 423 g/mol. The van der Waals surface area contributed by atoms with Crippen molar-refractivity contribution in [3.8, 4) is 11.4 Å². The Balaban J connectivity index is 1.60. The fourth-order valence-electron chi connectivity index (χ4n) is 2.44. The van der Waals surface area contributed by atoms with Crippen molar-refractivity contribution in [1.29, 1.82) is 0 Å². The monoisotopic (exact) mass is 422 g/mol. The molecule has 4 rings (SSSR count). The van der Waals surface area contributed by atoms with E-state index in [0.717, 1.165) is 17.3 Å². The maximum Gasteiger partial charge on any atom is 0.451 e. The summed E-state index contributed by atoms with van der Waals surface area (Å²) in [7, 11) is 0. The molecule has 0 amide bonds. The van der Waals surface area contributed by atoms with Gasteiger partial charge in [0.05, 0.1) is 11.3 Å². The number of hydrogen-bond donors (Lipinski definition) is 0. The Hall–Kier alpha value is -2.65. The van der Waals surface area contributed by atoms with E-state index in [-0.39, 0.29) is 22.2 Å². The van der Waals surface area contributed by atoms with Gasteiger partial charge in [-0.15, -0.1) is 0 Å². The van der Waals surface area contributed by atoms with Gasteiger partial charge in [-0.2, -0.15) is 18.2 Å². The number of thioether (sulfide) groups is 1. The van der Waals surface area contributed by atoms with Crippen LogP contribution in [0.2, 0.25) is 5.02 Å². The normalized spacial score (nSPS) is 11.9. The lowest BCUT2D eigenvalue weighted by molar-refractivity contribution is -0.145. The lowest BCUT2D eigenvalue weighted by Crippen LogP contribution is -2.11. The number of para-hydroxylation sites is 1. The van der Waals surface area contributed by atoms with Crippen molar-refractivity contribution < 1.29 is 17.7 Å². The third-order valence-electron chi connectivity index (χ3n) is 3.72. The highest BCUT2D eigenvalue weighted by Gasteiger charge is 2.35. The molecule has 4 aromatic rings. The van der Waals surface area contributed by atoms with Gasteiger partial charge >= 0.3 is 6.18 Å². The highest BCUT2D eigenvalue weighted by molar-refractivity contribution is 7.98. The minimum Gasteiger partial charge on any atom is -0.338 e. The first-order valence-corrected chi connectivity index (χ1v) is 9.32. The molecule has 0 aliphatic rings. The van der Waals surface area contributed by atoms with E-state index in [2.05, 4.69) is 20.1 Å². The summed E-state index contributed by atoms with van der Waals surface area (Å²) in [4.78, 5) is 11.6. The lowest BCUT2D eigenvalue weighted by atomic mass is 10.2. The van der Waals surface area contributed by atoms with E-state index < -0.39 is 12.0 Å². The summed E-state index contributed by atoms with van der Waals surface area (Å²) in [6.07, 6.45) is -4.63. The summed E-state index contributed by atoms with van der Waals surface area (Å²) >= 11 is 6.93. The van der Waals surface area contributed by atoms with Gasteiger partial charge in [0.1, 0.15) is 5.03 Å². The quantitative estimate of drug-likeness (QED) is 0.313. The molecule has 0 radical (unpaired) electrons. The summed E-state index contributed by atoms with van der Waals surface area (Å²) in [5, 5.41) is 5.20. The van der Waals surface area contributed by atoms with Gasteiger partial charge < -0.3 is 4.52 Å². The van der Waals surface area contributed by atoms with Crippen LogP contribution in [-0.4, -0.2) is 20.1 Å². The van der Waals surface area contributed by atoms with Gasteiger partial charge in [0, 0.05) is 16.0 Å². The molecule has 0 bridgehead atoms. The zero-order valence-electron chi connectivity index (χ0n) is 13.9. The minimum absolute atomic E-state index is 0.166. The topological polar surface area (TPSA) is 64.7 Å². The zero-order valence-corrected chi connectivity index (χ0v) is 15.5. The second-order valence-corrected chi connectivity index (χ2v) is 7.08. The van der Waals surface area contributed by atoms with E-state index in [9.17, 15) is 13.2 Å². The van der Waals surface area contributed by atoms with Crippen LogP contribution in [0, 0.1) is 0 Å². The molecule has 0 saturated heterocycles. The Kier molecular flexibility index (Phi) is 4.94. The van der Waals surface area contributed by atoms with Crippen LogP contribution in [0.1, 0.15) is 11.7 Å². The molecule has 0 spiro atoms. The van der Waals surface area contributed by atoms with E-state index in [4.69, 9.17) is 16.1 Å². The molecule has 10 heteroatoms. The largest absolute Gasteiger partial charge is 0.451 e. The first kappa shape index (κ1) is 18.7. The first-order valence-electron chi connectivity index (χ1n) is 7.95. The Morgan fingerprint density at radius 1 is 0.964 bits per heavy atom. The molecule has 0 aliphatic carbocycles. The lowest BCUT2D eigenvalue weighted by Gasteiger charge is -2.09. The third-order valence-corrected chi connectivity index (χ3v) is 4.95. The van der Waals surface area contributed by atoms with Crippen LogP contribution in [0.5, 0.6) is 0 Å². The molecule has 0 N–H and O–H groups in total. The van der Waals surface area contributed by atoms with Gasteiger partial charge in [0.15, 0.2) is 0 Å². The summed E-state index contributed by atoms with van der Waals surface area (Å²) in [6.45, 7) is 0. The zero-order chi connectivity index (χ0) is 19.7. The number of benzene rings is 2. The fraction of sp³-hybridized carbons (Fsp3) is 0.111. The SMILES string of the molecule is FC(F)(F)c1nc(SCc2nc(-c3ccc(Cl)cc3)no2)c2ccccc2n1. The van der Waals surface area contributed by atoms with Gasteiger partial charge in [-0.25, -0.2) is 9.97 Å². The van der Waals surface area contributed by atoms with Gasteiger partial charge in [-0.1, -0.05) is 46.7 Å². The molecule has 2 aromatic heterocycles. The molecular formula is C18H10ClF3N4OS.